The van der Waals surface area contributed by atoms with Gasteiger partial charge in [0.05, 0.1) is 0 Å². The molecule has 98 valence electrons. The van der Waals surface area contributed by atoms with Gasteiger partial charge in [-0.05, 0) is 30.9 Å². The number of aromatic hydroxyl groups is 1. The molecular weight excluding hydrogens is 237 g/mol. The number of halogens is 1. The fourth-order valence-electron chi connectivity index (χ4n) is 2.01. The van der Waals surface area contributed by atoms with Crippen LogP contribution in [0.2, 0.25) is 0 Å². The minimum atomic E-state index is -0.709. The van der Waals surface area contributed by atoms with E-state index in [4.69, 9.17) is 4.74 Å². The quantitative estimate of drug-likeness (QED) is 0.861. The third kappa shape index (κ3) is 2.98. The molecule has 0 aromatic heterocycles. The first-order valence-corrected chi connectivity index (χ1v) is 6.02. The van der Waals surface area contributed by atoms with E-state index in [1.807, 2.05) is 0 Å². The van der Waals surface area contributed by atoms with Gasteiger partial charge in [-0.1, -0.05) is 6.07 Å². The maximum atomic E-state index is 13.4. The second-order valence-electron chi connectivity index (χ2n) is 4.40. The van der Waals surface area contributed by atoms with Crippen molar-refractivity contribution >= 4 is 5.91 Å². The number of ether oxygens (including phenoxy) is 1. The first-order chi connectivity index (χ1) is 8.68. The molecule has 1 saturated heterocycles. The molecule has 0 saturated carbocycles. The van der Waals surface area contributed by atoms with Crippen LogP contribution in [0.4, 0.5) is 4.39 Å². The number of phenols is 1. The van der Waals surface area contributed by atoms with Crippen LogP contribution in [-0.2, 0) is 4.74 Å². The second kappa shape index (κ2) is 5.82. The highest BCUT2D eigenvalue weighted by atomic mass is 19.1. The molecule has 1 amide bonds. The van der Waals surface area contributed by atoms with Crippen molar-refractivity contribution in [1.29, 1.82) is 0 Å². The Bertz CT molecular complexity index is 410. The highest BCUT2D eigenvalue weighted by molar-refractivity contribution is 5.97. The van der Waals surface area contributed by atoms with Crippen LogP contribution in [0.15, 0.2) is 18.2 Å². The van der Waals surface area contributed by atoms with Gasteiger partial charge in [-0.3, -0.25) is 4.79 Å². The van der Waals surface area contributed by atoms with E-state index in [1.54, 1.807) is 0 Å². The SMILES string of the molecule is O=C(NCC1CCOCC1)c1c(O)cccc1F. The molecule has 0 bridgehead atoms. The third-order valence-corrected chi connectivity index (χ3v) is 3.11. The molecule has 0 radical (unpaired) electrons. The van der Waals surface area contributed by atoms with E-state index >= 15 is 0 Å². The maximum absolute atomic E-state index is 13.4. The van der Waals surface area contributed by atoms with Crippen molar-refractivity contribution in [2.24, 2.45) is 5.92 Å². The summed E-state index contributed by atoms with van der Waals surface area (Å²) in [7, 11) is 0. The maximum Gasteiger partial charge on any atom is 0.258 e. The molecule has 0 atom stereocenters. The normalized spacial score (nSPS) is 16.5. The summed E-state index contributed by atoms with van der Waals surface area (Å²) < 4.78 is 18.6. The smallest absolute Gasteiger partial charge is 0.258 e. The van der Waals surface area contributed by atoms with Crippen LogP contribution in [0.25, 0.3) is 0 Å². The lowest BCUT2D eigenvalue weighted by atomic mass is 10.0. The van der Waals surface area contributed by atoms with Crippen LogP contribution in [0.5, 0.6) is 5.75 Å². The Balaban J connectivity index is 1.95. The zero-order valence-electron chi connectivity index (χ0n) is 9.99. The lowest BCUT2D eigenvalue weighted by molar-refractivity contribution is 0.0641. The molecule has 1 fully saturated rings. The monoisotopic (exact) mass is 253 g/mol. The van der Waals surface area contributed by atoms with E-state index in [0.717, 1.165) is 18.9 Å². The lowest BCUT2D eigenvalue weighted by Gasteiger charge is -2.22. The molecule has 5 heteroatoms. The molecule has 0 unspecified atom stereocenters. The van der Waals surface area contributed by atoms with Gasteiger partial charge >= 0.3 is 0 Å². The van der Waals surface area contributed by atoms with Gasteiger partial charge in [0.2, 0.25) is 0 Å². The number of hydrogen-bond acceptors (Lipinski definition) is 3. The van der Waals surface area contributed by atoms with E-state index in [1.165, 1.54) is 12.1 Å². The standard InChI is InChI=1S/C13H16FNO3/c14-10-2-1-3-11(16)12(10)13(17)15-8-9-4-6-18-7-5-9/h1-3,9,16H,4-8H2,(H,15,17). The predicted octanol–water partition coefficient (Wildman–Crippen LogP) is 1.69. The van der Waals surface area contributed by atoms with Crippen molar-refractivity contribution in [3.05, 3.63) is 29.6 Å². The Morgan fingerprint density at radius 3 is 2.83 bits per heavy atom. The molecule has 2 N–H and O–H groups in total. The fraction of sp³-hybridized carbons (Fsp3) is 0.462. The van der Waals surface area contributed by atoms with Crippen LogP contribution in [-0.4, -0.2) is 30.8 Å². The second-order valence-corrected chi connectivity index (χ2v) is 4.40. The lowest BCUT2D eigenvalue weighted by Crippen LogP contribution is -2.32. The molecule has 18 heavy (non-hydrogen) atoms. The van der Waals surface area contributed by atoms with Gasteiger partial charge in [-0.25, -0.2) is 4.39 Å². The van der Waals surface area contributed by atoms with Crippen LogP contribution < -0.4 is 5.32 Å². The number of rotatable bonds is 3. The van der Waals surface area contributed by atoms with E-state index in [9.17, 15) is 14.3 Å². The number of phenolic OH excluding ortho intramolecular Hbond substituents is 1. The molecule has 1 aliphatic heterocycles. The summed E-state index contributed by atoms with van der Waals surface area (Å²) >= 11 is 0. The van der Waals surface area contributed by atoms with Crippen LogP contribution in [0, 0.1) is 11.7 Å². The van der Waals surface area contributed by atoms with Gasteiger partial charge in [-0.2, -0.15) is 0 Å². The summed E-state index contributed by atoms with van der Waals surface area (Å²) in [5.74, 6) is -1.26. The van der Waals surface area contributed by atoms with Crippen LogP contribution in [0.3, 0.4) is 0 Å². The molecule has 4 nitrogen and oxygen atoms in total. The van der Waals surface area contributed by atoms with E-state index in [-0.39, 0.29) is 11.3 Å². The molecule has 0 spiro atoms. The number of amides is 1. The Morgan fingerprint density at radius 2 is 2.17 bits per heavy atom. The molecular formula is C13H16FNO3. The number of benzene rings is 1. The summed E-state index contributed by atoms with van der Waals surface area (Å²) in [6.07, 6.45) is 1.78. The van der Waals surface area contributed by atoms with Crippen molar-refractivity contribution < 1.29 is 19.0 Å². The van der Waals surface area contributed by atoms with Gasteiger partial charge in [0, 0.05) is 19.8 Å². The highest BCUT2D eigenvalue weighted by Gasteiger charge is 2.19. The molecule has 2 rings (SSSR count). The number of hydrogen-bond donors (Lipinski definition) is 2. The largest absolute Gasteiger partial charge is 0.507 e. The summed E-state index contributed by atoms with van der Waals surface area (Å²) in [5.41, 5.74) is -0.287. The summed E-state index contributed by atoms with van der Waals surface area (Å²) in [6.45, 7) is 1.88. The first kappa shape index (κ1) is 12.8. The first-order valence-electron chi connectivity index (χ1n) is 6.02. The zero-order chi connectivity index (χ0) is 13.0. The minimum Gasteiger partial charge on any atom is -0.507 e. The predicted molar refractivity (Wildman–Crippen MR) is 63.9 cm³/mol. The summed E-state index contributed by atoms with van der Waals surface area (Å²) in [4.78, 5) is 11.8. The molecule has 1 aromatic carbocycles. The van der Waals surface area contributed by atoms with Crippen LogP contribution in [0.1, 0.15) is 23.2 Å². The van der Waals surface area contributed by atoms with Crippen molar-refractivity contribution in [2.75, 3.05) is 19.8 Å². The van der Waals surface area contributed by atoms with Crippen molar-refractivity contribution in [3.8, 4) is 5.75 Å². The number of carbonyl (C=O) groups is 1. The van der Waals surface area contributed by atoms with E-state index < -0.39 is 11.7 Å². The van der Waals surface area contributed by atoms with E-state index in [2.05, 4.69) is 5.32 Å². The molecule has 0 aliphatic carbocycles. The molecule has 1 aliphatic rings. The number of nitrogens with one attached hydrogen (secondary N) is 1. The Labute approximate surface area is 105 Å². The third-order valence-electron chi connectivity index (χ3n) is 3.11. The van der Waals surface area contributed by atoms with Gasteiger partial charge in [0.1, 0.15) is 17.1 Å². The molecule has 1 heterocycles. The van der Waals surface area contributed by atoms with Crippen molar-refractivity contribution in [2.45, 2.75) is 12.8 Å². The minimum absolute atomic E-state index is 0.287. The van der Waals surface area contributed by atoms with Gasteiger partial charge in [0.15, 0.2) is 0 Å². The fourth-order valence-corrected chi connectivity index (χ4v) is 2.01. The van der Waals surface area contributed by atoms with Crippen LogP contribution >= 0.6 is 0 Å². The average Bonchev–Trinajstić information content (AvgIpc) is 2.37. The Kier molecular flexibility index (Phi) is 4.15. The summed E-state index contributed by atoms with van der Waals surface area (Å²) in [6, 6.07) is 3.81. The van der Waals surface area contributed by atoms with Gasteiger partial charge in [-0.15, -0.1) is 0 Å². The highest BCUT2D eigenvalue weighted by Crippen LogP contribution is 2.20. The zero-order valence-corrected chi connectivity index (χ0v) is 9.99. The average molecular weight is 253 g/mol. The van der Waals surface area contributed by atoms with Crippen molar-refractivity contribution in [1.82, 2.24) is 5.32 Å². The Hall–Kier alpha value is -1.62. The van der Waals surface area contributed by atoms with Gasteiger partial charge < -0.3 is 15.2 Å². The van der Waals surface area contributed by atoms with Gasteiger partial charge in [0.25, 0.3) is 5.91 Å². The van der Waals surface area contributed by atoms with Crippen molar-refractivity contribution in [3.63, 3.8) is 0 Å². The number of carbonyl (C=O) groups excluding carboxylic acids is 1. The summed E-state index contributed by atoms with van der Waals surface area (Å²) in [5, 5.41) is 12.1. The topological polar surface area (TPSA) is 58.6 Å². The van der Waals surface area contributed by atoms with E-state index in [0.29, 0.717) is 25.7 Å². The molecule has 1 aromatic rings. The Morgan fingerprint density at radius 1 is 1.44 bits per heavy atom.